The highest BCUT2D eigenvalue weighted by Crippen LogP contribution is 2.21. The first kappa shape index (κ1) is 11.7. The topological polar surface area (TPSA) is 38.9 Å². The Morgan fingerprint density at radius 2 is 2.29 bits per heavy atom. The van der Waals surface area contributed by atoms with Gasteiger partial charge in [-0.25, -0.2) is 4.98 Å². The number of thiazole rings is 1. The summed E-state index contributed by atoms with van der Waals surface area (Å²) in [6, 6.07) is 0. The Bertz CT molecular complexity index is 246. The van der Waals surface area contributed by atoms with Crippen LogP contribution in [0.25, 0.3) is 0 Å². The molecule has 0 spiro atoms. The van der Waals surface area contributed by atoms with Crippen molar-refractivity contribution < 1.29 is 0 Å². The fraction of sp³-hybridized carbons (Fsp3) is 0.727. The number of rotatable bonds is 6. The van der Waals surface area contributed by atoms with E-state index >= 15 is 0 Å². The fourth-order valence-electron chi connectivity index (χ4n) is 1.56. The first-order valence-electron chi connectivity index (χ1n) is 5.37. The number of unbranched alkanes of at least 4 members (excludes halogenated alkanes) is 1. The molecule has 0 aliphatic rings. The lowest BCUT2D eigenvalue weighted by atomic mass is 9.88. The summed E-state index contributed by atoms with van der Waals surface area (Å²) in [6.07, 6.45) is 7.37. The van der Waals surface area contributed by atoms with Crippen LogP contribution in [0.5, 0.6) is 0 Å². The summed E-state index contributed by atoms with van der Waals surface area (Å²) >= 11 is 1.71. The van der Waals surface area contributed by atoms with Crippen molar-refractivity contribution in [1.82, 2.24) is 4.98 Å². The number of aromatic nitrogens is 1. The summed E-state index contributed by atoms with van der Waals surface area (Å²) in [5.41, 5.74) is 6.31. The zero-order valence-corrected chi connectivity index (χ0v) is 9.94. The van der Waals surface area contributed by atoms with Crippen LogP contribution < -0.4 is 5.73 Å². The van der Waals surface area contributed by atoms with Crippen LogP contribution in [0.3, 0.4) is 0 Å². The fourth-order valence-corrected chi connectivity index (χ4v) is 2.33. The first-order valence-corrected chi connectivity index (χ1v) is 6.25. The van der Waals surface area contributed by atoms with E-state index in [4.69, 9.17) is 5.73 Å². The highest BCUT2D eigenvalue weighted by Gasteiger charge is 2.23. The molecule has 0 aromatic carbocycles. The van der Waals surface area contributed by atoms with Crippen molar-refractivity contribution in [3.05, 3.63) is 16.6 Å². The van der Waals surface area contributed by atoms with Crippen LogP contribution in [0.1, 0.15) is 44.5 Å². The lowest BCUT2D eigenvalue weighted by Crippen LogP contribution is -2.41. The van der Waals surface area contributed by atoms with Gasteiger partial charge in [-0.05, 0) is 12.8 Å². The summed E-state index contributed by atoms with van der Waals surface area (Å²) in [6.45, 7) is 4.38. The van der Waals surface area contributed by atoms with Crippen molar-refractivity contribution in [2.75, 3.05) is 0 Å². The van der Waals surface area contributed by atoms with E-state index in [2.05, 4.69) is 18.8 Å². The molecular weight excluding hydrogens is 192 g/mol. The third-order valence-corrected chi connectivity index (χ3v) is 3.50. The Hall–Kier alpha value is -0.410. The molecule has 0 amide bonds. The number of hydrogen-bond acceptors (Lipinski definition) is 3. The van der Waals surface area contributed by atoms with E-state index in [1.54, 1.807) is 11.3 Å². The quantitative estimate of drug-likeness (QED) is 0.787. The molecule has 80 valence electrons. The van der Waals surface area contributed by atoms with Crippen molar-refractivity contribution >= 4 is 11.3 Å². The van der Waals surface area contributed by atoms with Crippen LogP contribution in [-0.2, 0) is 6.42 Å². The van der Waals surface area contributed by atoms with Gasteiger partial charge >= 0.3 is 0 Å². The zero-order chi connectivity index (χ0) is 10.4. The number of nitrogens with zero attached hydrogens (tertiary/aromatic N) is 1. The molecule has 1 atom stereocenters. The van der Waals surface area contributed by atoms with E-state index < -0.39 is 0 Å². The maximum absolute atomic E-state index is 6.34. The third kappa shape index (κ3) is 3.39. The molecule has 0 aliphatic heterocycles. The molecular formula is C11H20N2S. The minimum absolute atomic E-state index is 0.0339. The Morgan fingerprint density at radius 1 is 1.50 bits per heavy atom. The van der Waals surface area contributed by atoms with Crippen LogP contribution in [0.2, 0.25) is 0 Å². The van der Waals surface area contributed by atoms with Crippen LogP contribution >= 0.6 is 11.3 Å². The molecule has 1 aromatic rings. The van der Waals surface area contributed by atoms with Crippen molar-refractivity contribution in [3.63, 3.8) is 0 Å². The molecule has 0 saturated heterocycles. The molecule has 1 rings (SSSR count). The van der Waals surface area contributed by atoms with Crippen LogP contribution in [0, 0.1) is 0 Å². The highest BCUT2D eigenvalue weighted by molar-refractivity contribution is 7.09. The second-order valence-electron chi connectivity index (χ2n) is 3.92. The molecule has 2 nitrogen and oxygen atoms in total. The average Bonchev–Trinajstić information content (AvgIpc) is 2.67. The molecule has 0 saturated carbocycles. The van der Waals surface area contributed by atoms with Crippen molar-refractivity contribution in [3.8, 4) is 0 Å². The standard InChI is InChI=1S/C11H20N2S/c1-3-5-6-11(12,4-2)9-10-13-7-8-14-10/h7-8H,3-6,9,12H2,1-2H3. The number of hydrogen-bond donors (Lipinski definition) is 1. The summed E-state index contributed by atoms with van der Waals surface area (Å²) in [7, 11) is 0. The molecule has 1 aromatic heterocycles. The predicted octanol–water partition coefficient (Wildman–Crippen LogP) is 2.98. The Labute approximate surface area is 90.6 Å². The third-order valence-electron chi connectivity index (χ3n) is 2.72. The van der Waals surface area contributed by atoms with E-state index in [1.807, 2.05) is 11.6 Å². The van der Waals surface area contributed by atoms with Gasteiger partial charge in [-0.15, -0.1) is 11.3 Å². The molecule has 0 fully saturated rings. The Balaban J connectivity index is 2.52. The monoisotopic (exact) mass is 212 g/mol. The van der Waals surface area contributed by atoms with Gasteiger partial charge in [0.1, 0.15) is 0 Å². The molecule has 1 heterocycles. The van der Waals surface area contributed by atoms with E-state index in [1.165, 1.54) is 17.8 Å². The smallest absolute Gasteiger partial charge is 0.0943 e. The molecule has 0 bridgehead atoms. The van der Waals surface area contributed by atoms with Gasteiger partial charge in [0.05, 0.1) is 5.01 Å². The molecule has 0 aliphatic carbocycles. The molecule has 2 N–H and O–H groups in total. The van der Waals surface area contributed by atoms with E-state index in [0.717, 1.165) is 19.3 Å². The predicted molar refractivity (Wildman–Crippen MR) is 62.6 cm³/mol. The van der Waals surface area contributed by atoms with Gasteiger partial charge in [-0.3, -0.25) is 0 Å². The maximum Gasteiger partial charge on any atom is 0.0943 e. The summed E-state index contributed by atoms with van der Waals surface area (Å²) < 4.78 is 0. The molecule has 14 heavy (non-hydrogen) atoms. The lowest BCUT2D eigenvalue weighted by molar-refractivity contribution is 0.364. The second-order valence-corrected chi connectivity index (χ2v) is 4.90. The highest BCUT2D eigenvalue weighted by atomic mass is 32.1. The van der Waals surface area contributed by atoms with E-state index in [9.17, 15) is 0 Å². The van der Waals surface area contributed by atoms with Crippen LogP contribution in [-0.4, -0.2) is 10.5 Å². The first-order chi connectivity index (χ1) is 6.70. The maximum atomic E-state index is 6.34. The number of nitrogens with two attached hydrogens (primary N) is 1. The Kier molecular flexibility index (Phi) is 4.55. The van der Waals surface area contributed by atoms with Gasteiger partial charge < -0.3 is 5.73 Å². The largest absolute Gasteiger partial charge is 0.325 e. The van der Waals surface area contributed by atoms with Gasteiger partial charge in [0.25, 0.3) is 0 Å². The van der Waals surface area contributed by atoms with Gasteiger partial charge in [0, 0.05) is 23.5 Å². The lowest BCUT2D eigenvalue weighted by Gasteiger charge is -2.27. The van der Waals surface area contributed by atoms with Gasteiger partial charge in [-0.1, -0.05) is 26.7 Å². The van der Waals surface area contributed by atoms with Gasteiger partial charge in [0.15, 0.2) is 0 Å². The summed E-state index contributed by atoms with van der Waals surface area (Å²) in [5.74, 6) is 0. The van der Waals surface area contributed by atoms with Gasteiger partial charge in [0.2, 0.25) is 0 Å². The van der Waals surface area contributed by atoms with Crippen molar-refractivity contribution in [2.24, 2.45) is 5.73 Å². The Morgan fingerprint density at radius 3 is 2.79 bits per heavy atom. The van der Waals surface area contributed by atoms with Crippen LogP contribution in [0.15, 0.2) is 11.6 Å². The summed E-state index contributed by atoms with van der Waals surface area (Å²) in [4.78, 5) is 4.30. The SMILES string of the molecule is CCCCC(N)(CC)Cc1nccs1. The second kappa shape index (κ2) is 5.47. The average molecular weight is 212 g/mol. The van der Waals surface area contributed by atoms with Gasteiger partial charge in [-0.2, -0.15) is 0 Å². The minimum atomic E-state index is -0.0339. The normalized spacial score (nSPS) is 15.4. The van der Waals surface area contributed by atoms with Crippen molar-refractivity contribution in [2.45, 2.75) is 51.5 Å². The molecule has 0 radical (unpaired) electrons. The van der Waals surface area contributed by atoms with E-state index in [0.29, 0.717) is 0 Å². The zero-order valence-electron chi connectivity index (χ0n) is 9.12. The minimum Gasteiger partial charge on any atom is -0.325 e. The van der Waals surface area contributed by atoms with Crippen molar-refractivity contribution in [1.29, 1.82) is 0 Å². The molecule has 1 unspecified atom stereocenters. The van der Waals surface area contributed by atoms with E-state index in [-0.39, 0.29) is 5.54 Å². The van der Waals surface area contributed by atoms with Crippen LogP contribution in [0.4, 0.5) is 0 Å². The summed E-state index contributed by atoms with van der Waals surface area (Å²) in [5, 5.41) is 3.19. The molecule has 3 heteroatoms.